The fraction of sp³-hybridized carbons (Fsp3) is 0.714. The summed E-state index contributed by atoms with van der Waals surface area (Å²) in [7, 11) is -0.997. The maximum atomic E-state index is 10.3. The Morgan fingerprint density at radius 1 is 1.32 bits per heavy atom. The van der Waals surface area contributed by atoms with Crippen LogP contribution in [-0.4, -0.2) is 28.5 Å². The highest BCUT2D eigenvalue weighted by atomic mass is 32.1. The number of thiophene rings is 1. The molecule has 0 bridgehead atoms. The van der Waals surface area contributed by atoms with Crippen LogP contribution in [-0.2, 0) is 11.1 Å². The molecule has 1 rings (SSSR count). The molecular formula is C14H25BO3S. The fourth-order valence-electron chi connectivity index (χ4n) is 1.66. The van der Waals surface area contributed by atoms with Gasteiger partial charge in [-0.2, -0.15) is 0 Å². The van der Waals surface area contributed by atoms with Gasteiger partial charge in [0.2, 0.25) is 0 Å². The Bertz CT molecular complexity index is 421. The first-order chi connectivity index (χ1) is 8.58. The average Bonchev–Trinajstić information content (AvgIpc) is 2.57. The molecule has 0 saturated heterocycles. The topological polar surface area (TPSA) is 49.7 Å². The van der Waals surface area contributed by atoms with Crippen molar-refractivity contribution in [3.8, 4) is 0 Å². The molecule has 2 N–H and O–H groups in total. The van der Waals surface area contributed by atoms with Gasteiger partial charge in [0.1, 0.15) is 0 Å². The Morgan fingerprint density at radius 2 is 1.89 bits per heavy atom. The lowest BCUT2D eigenvalue weighted by molar-refractivity contribution is -0.0982. The molecule has 108 valence electrons. The Labute approximate surface area is 120 Å². The Hall–Kier alpha value is -0.355. The molecule has 0 spiro atoms. The first-order valence-electron chi connectivity index (χ1n) is 6.76. The van der Waals surface area contributed by atoms with Crippen molar-refractivity contribution in [1.82, 2.24) is 0 Å². The molecule has 3 nitrogen and oxygen atoms in total. The summed E-state index contributed by atoms with van der Waals surface area (Å²) >= 11 is 1.70. The van der Waals surface area contributed by atoms with Crippen molar-refractivity contribution in [3.63, 3.8) is 0 Å². The van der Waals surface area contributed by atoms with E-state index in [1.807, 2.05) is 13.0 Å². The zero-order valence-electron chi connectivity index (χ0n) is 12.8. The Balaban J connectivity index is 2.86. The van der Waals surface area contributed by atoms with Gasteiger partial charge >= 0.3 is 7.12 Å². The van der Waals surface area contributed by atoms with E-state index in [2.05, 4.69) is 6.92 Å². The first kappa shape index (κ1) is 16.7. The number of hydrogen-bond acceptors (Lipinski definition) is 4. The summed E-state index contributed by atoms with van der Waals surface area (Å²) in [5.74, 6) is 0. The van der Waals surface area contributed by atoms with Crippen LogP contribution in [0.1, 0.15) is 50.8 Å². The molecule has 0 aliphatic carbocycles. The second kappa shape index (κ2) is 5.96. The van der Waals surface area contributed by atoms with Crippen LogP contribution in [0, 0.1) is 6.92 Å². The van der Waals surface area contributed by atoms with Crippen molar-refractivity contribution >= 4 is 23.9 Å². The summed E-state index contributed by atoms with van der Waals surface area (Å²) in [6.45, 7) is 11.1. The maximum Gasteiger partial charge on any atom is 0.492 e. The first-order valence-corrected chi connectivity index (χ1v) is 7.57. The van der Waals surface area contributed by atoms with Gasteiger partial charge in [0, 0.05) is 9.75 Å². The lowest BCUT2D eigenvalue weighted by atomic mass is 9.76. The molecule has 0 unspecified atom stereocenters. The summed E-state index contributed by atoms with van der Waals surface area (Å²) < 4.78 is 5.67. The van der Waals surface area contributed by atoms with Gasteiger partial charge in [-0.25, -0.2) is 0 Å². The highest BCUT2D eigenvalue weighted by molar-refractivity contribution is 7.13. The van der Waals surface area contributed by atoms with Crippen molar-refractivity contribution < 1.29 is 14.8 Å². The van der Waals surface area contributed by atoms with Crippen molar-refractivity contribution in [2.75, 3.05) is 0 Å². The zero-order chi connectivity index (χ0) is 14.8. The molecule has 5 heteroatoms. The average molecular weight is 284 g/mol. The largest absolute Gasteiger partial charge is 0.492 e. The standard InChI is InChI=1S/C14H25BO3S/c1-7-8-11-9-12(10(2)19-11)15(17)18-14(5,6)13(3,4)16/h9,16-17H,7-8H2,1-6H3. The van der Waals surface area contributed by atoms with Crippen LogP contribution >= 0.6 is 11.3 Å². The predicted octanol–water partition coefficient (Wildman–Crippen LogP) is 2.26. The number of hydrogen-bond donors (Lipinski definition) is 2. The molecule has 0 saturated carbocycles. The highest BCUT2D eigenvalue weighted by Crippen LogP contribution is 2.26. The van der Waals surface area contributed by atoms with E-state index < -0.39 is 18.3 Å². The van der Waals surface area contributed by atoms with Crippen LogP contribution in [0.4, 0.5) is 0 Å². The van der Waals surface area contributed by atoms with Crippen LogP contribution in [0.25, 0.3) is 0 Å². The van der Waals surface area contributed by atoms with E-state index in [1.165, 1.54) is 4.88 Å². The quantitative estimate of drug-likeness (QED) is 0.788. The zero-order valence-corrected chi connectivity index (χ0v) is 13.6. The maximum absolute atomic E-state index is 10.3. The third kappa shape index (κ3) is 4.05. The van der Waals surface area contributed by atoms with E-state index in [0.29, 0.717) is 0 Å². The van der Waals surface area contributed by atoms with Crippen molar-refractivity contribution in [3.05, 3.63) is 15.8 Å². The Kier molecular flexibility index (Phi) is 5.24. The van der Waals surface area contributed by atoms with Crippen molar-refractivity contribution in [1.29, 1.82) is 0 Å². The molecule has 1 heterocycles. The molecule has 1 aromatic heterocycles. The van der Waals surface area contributed by atoms with E-state index in [9.17, 15) is 10.1 Å². The molecule has 0 aliphatic heterocycles. The molecule has 0 radical (unpaired) electrons. The monoisotopic (exact) mass is 284 g/mol. The van der Waals surface area contributed by atoms with E-state index in [-0.39, 0.29) is 0 Å². The molecule has 0 fully saturated rings. The molecule has 0 atom stereocenters. The van der Waals surface area contributed by atoms with Gasteiger partial charge < -0.3 is 14.8 Å². The lowest BCUT2D eigenvalue weighted by Gasteiger charge is -2.38. The van der Waals surface area contributed by atoms with Crippen LogP contribution in [0.5, 0.6) is 0 Å². The van der Waals surface area contributed by atoms with Gasteiger partial charge in [0.15, 0.2) is 0 Å². The molecule has 1 aromatic rings. The smallest absolute Gasteiger partial charge is 0.423 e. The molecule has 0 aromatic carbocycles. The second-order valence-corrected chi connectivity index (χ2v) is 7.35. The fourth-order valence-corrected chi connectivity index (χ4v) is 2.82. The third-order valence-corrected chi connectivity index (χ3v) is 4.78. The molecule has 0 amide bonds. The third-order valence-electron chi connectivity index (χ3n) is 3.65. The molecule has 0 aliphatic rings. The van der Waals surface area contributed by atoms with E-state index >= 15 is 0 Å². The number of rotatable bonds is 6. The minimum absolute atomic E-state index is 0.811. The van der Waals surface area contributed by atoms with Crippen LogP contribution in [0.2, 0.25) is 0 Å². The van der Waals surface area contributed by atoms with E-state index in [1.54, 1.807) is 39.0 Å². The second-order valence-electron chi connectivity index (χ2n) is 6.01. The van der Waals surface area contributed by atoms with Crippen molar-refractivity contribution in [2.24, 2.45) is 0 Å². The number of aliphatic hydroxyl groups is 1. The van der Waals surface area contributed by atoms with Crippen LogP contribution < -0.4 is 5.46 Å². The summed E-state index contributed by atoms with van der Waals surface area (Å²) in [6, 6.07) is 2.01. The summed E-state index contributed by atoms with van der Waals surface area (Å²) in [4.78, 5) is 2.33. The van der Waals surface area contributed by atoms with E-state index in [4.69, 9.17) is 4.65 Å². The molecule has 19 heavy (non-hydrogen) atoms. The normalized spacial score (nSPS) is 12.8. The van der Waals surface area contributed by atoms with Crippen LogP contribution in [0.3, 0.4) is 0 Å². The highest BCUT2D eigenvalue weighted by Gasteiger charge is 2.40. The lowest BCUT2D eigenvalue weighted by Crippen LogP contribution is -2.53. The van der Waals surface area contributed by atoms with Gasteiger partial charge in [0.25, 0.3) is 0 Å². The van der Waals surface area contributed by atoms with E-state index in [0.717, 1.165) is 23.2 Å². The van der Waals surface area contributed by atoms with Gasteiger partial charge in [-0.3, -0.25) is 0 Å². The molecular weight excluding hydrogens is 259 g/mol. The predicted molar refractivity (Wildman–Crippen MR) is 82.1 cm³/mol. The van der Waals surface area contributed by atoms with Gasteiger partial charge in [0.05, 0.1) is 11.2 Å². The Morgan fingerprint density at radius 3 is 2.37 bits per heavy atom. The number of aryl methyl sites for hydroxylation is 2. The minimum Gasteiger partial charge on any atom is -0.423 e. The SMILES string of the molecule is CCCc1cc(B(O)OC(C)(C)C(C)(C)O)c(C)s1. The van der Waals surface area contributed by atoms with Crippen molar-refractivity contribution in [2.45, 2.75) is 65.6 Å². The van der Waals surface area contributed by atoms with Gasteiger partial charge in [-0.1, -0.05) is 13.3 Å². The van der Waals surface area contributed by atoms with Gasteiger partial charge in [-0.15, -0.1) is 11.3 Å². The van der Waals surface area contributed by atoms with Crippen LogP contribution in [0.15, 0.2) is 6.07 Å². The summed E-state index contributed by atoms with van der Waals surface area (Å²) in [5.41, 5.74) is -1.04. The summed E-state index contributed by atoms with van der Waals surface area (Å²) in [5, 5.41) is 20.3. The summed E-state index contributed by atoms with van der Waals surface area (Å²) in [6.07, 6.45) is 2.11. The minimum atomic E-state index is -1.02. The van der Waals surface area contributed by atoms with Gasteiger partial charge in [-0.05, 0) is 52.6 Å².